The Kier molecular flexibility index (Phi) is 2.77. The molecule has 3 heterocycles. The smallest absolute Gasteiger partial charge is 0.162 e. The largest absolute Gasteiger partial charge is 0.326 e. The molecule has 0 fully saturated rings. The van der Waals surface area contributed by atoms with Gasteiger partial charge in [-0.1, -0.05) is 0 Å². The topological polar surface area (TPSA) is 41.6 Å². The van der Waals surface area contributed by atoms with Crippen LogP contribution in [0.4, 0.5) is 0 Å². The van der Waals surface area contributed by atoms with Crippen LogP contribution in [-0.2, 0) is 13.0 Å². The van der Waals surface area contributed by atoms with Gasteiger partial charge in [0.25, 0.3) is 0 Å². The molecule has 2 aromatic rings. The molecule has 86 valence electrons. The van der Waals surface area contributed by atoms with Crippen molar-refractivity contribution in [2.75, 3.05) is 0 Å². The Bertz CT molecular complexity index is 606. The summed E-state index contributed by atoms with van der Waals surface area (Å²) in [5.41, 5.74) is 1.71. The maximum absolute atomic E-state index is 9.13. The fraction of sp³-hybridized carbons (Fsp3) is 0.333. The second-order valence-corrected chi connectivity index (χ2v) is 6.52. The summed E-state index contributed by atoms with van der Waals surface area (Å²) in [7, 11) is 0. The minimum absolute atomic E-state index is 0.601. The standard InChI is InChI=1S/C12H10BrN3S/c13-11-5-4-10(17-11)12-15-8(7-14)9-3-1-2-6-16(9)12/h4-5H,1-3,6H2. The van der Waals surface area contributed by atoms with Crippen LogP contribution in [0.1, 0.15) is 24.2 Å². The molecule has 5 heteroatoms. The molecule has 0 unspecified atom stereocenters. The first kappa shape index (κ1) is 11.0. The predicted octanol–water partition coefficient (Wildman–Crippen LogP) is 3.58. The van der Waals surface area contributed by atoms with Crippen molar-refractivity contribution in [2.24, 2.45) is 0 Å². The Balaban J connectivity index is 2.17. The lowest BCUT2D eigenvalue weighted by Gasteiger charge is -2.15. The maximum Gasteiger partial charge on any atom is 0.162 e. The van der Waals surface area contributed by atoms with E-state index in [-0.39, 0.29) is 0 Å². The highest BCUT2D eigenvalue weighted by molar-refractivity contribution is 9.11. The highest BCUT2D eigenvalue weighted by atomic mass is 79.9. The van der Waals surface area contributed by atoms with Gasteiger partial charge in [0, 0.05) is 6.54 Å². The molecule has 0 radical (unpaired) electrons. The minimum Gasteiger partial charge on any atom is -0.326 e. The average molecular weight is 308 g/mol. The molecule has 0 aromatic carbocycles. The van der Waals surface area contributed by atoms with Crippen molar-refractivity contribution in [3.8, 4) is 16.8 Å². The summed E-state index contributed by atoms with van der Waals surface area (Å²) in [5, 5.41) is 9.13. The van der Waals surface area contributed by atoms with Crippen LogP contribution in [-0.4, -0.2) is 9.55 Å². The molecule has 1 aliphatic rings. The third kappa shape index (κ3) is 1.81. The monoisotopic (exact) mass is 307 g/mol. The quantitative estimate of drug-likeness (QED) is 0.808. The second-order valence-electron chi connectivity index (χ2n) is 4.06. The molecule has 0 atom stereocenters. The van der Waals surface area contributed by atoms with Gasteiger partial charge in [-0.25, -0.2) is 4.98 Å². The molecular formula is C12H10BrN3S. The van der Waals surface area contributed by atoms with E-state index < -0.39 is 0 Å². The molecule has 1 aliphatic heterocycles. The summed E-state index contributed by atoms with van der Waals surface area (Å²) in [6, 6.07) is 6.29. The normalized spacial score (nSPS) is 14.4. The number of nitriles is 1. The Morgan fingerprint density at radius 2 is 2.29 bits per heavy atom. The van der Waals surface area contributed by atoms with Crippen molar-refractivity contribution in [1.82, 2.24) is 9.55 Å². The molecular weight excluding hydrogens is 298 g/mol. The number of hydrogen-bond donors (Lipinski definition) is 0. The van der Waals surface area contributed by atoms with Crippen LogP contribution in [0.5, 0.6) is 0 Å². The highest BCUT2D eigenvalue weighted by Gasteiger charge is 2.21. The van der Waals surface area contributed by atoms with E-state index in [9.17, 15) is 0 Å². The van der Waals surface area contributed by atoms with E-state index in [0.29, 0.717) is 5.69 Å². The summed E-state index contributed by atoms with van der Waals surface area (Å²) in [5.74, 6) is 0.951. The minimum atomic E-state index is 0.601. The van der Waals surface area contributed by atoms with E-state index in [1.807, 2.05) is 6.07 Å². The number of aromatic nitrogens is 2. The Labute approximate surface area is 112 Å². The van der Waals surface area contributed by atoms with Crippen LogP contribution in [0.25, 0.3) is 10.7 Å². The third-order valence-corrected chi connectivity index (χ3v) is 4.64. The van der Waals surface area contributed by atoms with Crippen molar-refractivity contribution in [1.29, 1.82) is 5.26 Å². The van der Waals surface area contributed by atoms with E-state index in [1.54, 1.807) is 11.3 Å². The number of fused-ring (bicyclic) bond motifs is 1. The van der Waals surface area contributed by atoms with Gasteiger partial charge in [0.15, 0.2) is 11.5 Å². The molecule has 0 aliphatic carbocycles. The predicted molar refractivity (Wildman–Crippen MR) is 70.9 cm³/mol. The van der Waals surface area contributed by atoms with Crippen molar-refractivity contribution >= 4 is 27.3 Å². The molecule has 3 nitrogen and oxygen atoms in total. The lowest BCUT2D eigenvalue weighted by atomic mass is 10.1. The van der Waals surface area contributed by atoms with Gasteiger partial charge < -0.3 is 4.57 Å². The molecule has 0 N–H and O–H groups in total. The Hall–Kier alpha value is -1.12. The fourth-order valence-corrected chi connectivity index (χ4v) is 3.64. The second kappa shape index (κ2) is 4.28. The fourth-order valence-electron chi connectivity index (χ4n) is 2.26. The Morgan fingerprint density at radius 3 is 3.00 bits per heavy atom. The zero-order valence-corrected chi connectivity index (χ0v) is 11.5. The van der Waals surface area contributed by atoms with Crippen LogP contribution in [0.3, 0.4) is 0 Å². The van der Waals surface area contributed by atoms with E-state index in [2.05, 4.69) is 37.6 Å². The van der Waals surface area contributed by atoms with Gasteiger partial charge >= 0.3 is 0 Å². The highest BCUT2D eigenvalue weighted by Crippen LogP contribution is 2.33. The van der Waals surface area contributed by atoms with Gasteiger partial charge in [0.2, 0.25) is 0 Å². The number of imidazole rings is 1. The number of hydrogen-bond acceptors (Lipinski definition) is 3. The van der Waals surface area contributed by atoms with Gasteiger partial charge in [-0.15, -0.1) is 11.3 Å². The van der Waals surface area contributed by atoms with Crippen LogP contribution in [0, 0.1) is 11.3 Å². The molecule has 0 amide bonds. The first-order chi connectivity index (χ1) is 8.29. The molecule has 0 bridgehead atoms. The van der Waals surface area contributed by atoms with E-state index >= 15 is 0 Å². The van der Waals surface area contributed by atoms with Gasteiger partial charge in [-0.05, 0) is 47.3 Å². The zero-order valence-electron chi connectivity index (χ0n) is 9.11. The summed E-state index contributed by atoms with van der Waals surface area (Å²) < 4.78 is 3.31. The van der Waals surface area contributed by atoms with E-state index in [0.717, 1.165) is 39.6 Å². The molecule has 0 spiro atoms. The number of thiophene rings is 1. The molecule has 2 aromatic heterocycles. The number of nitrogens with zero attached hydrogens (tertiary/aromatic N) is 3. The first-order valence-corrected chi connectivity index (χ1v) is 7.16. The van der Waals surface area contributed by atoms with Crippen LogP contribution < -0.4 is 0 Å². The lowest BCUT2D eigenvalue weighted by molar-refractivity contribution is 0.536. The number of halogens is 1. The van der Waals surface area contributed by atoms with Gasteiger partial charge in [-0.2, -0.15) is 5.26 Å². The van der Waals surface area contributed by atoms with Gasteiger partial charge in [0.05, 0.1) is 14.4 Å². The van der Waals surface area contributed by atoms with Gasteiger partial charge in [0.1, 0.15) is 6.07 Å². The first-order valence-electron chi connectivity index (χ1n) is 5.55. The van der Waals surface area contributed by atoms with E-state index in [4.69, 9.17) is 5.26 Å². The van der Waals surface area contributed by atoms with Crippen molar-refractivity contribution in [3.63, 3.8) is 0 Å². The van der Waals surface area contributed by atoms with Crippen LogP contribution in [0.2, 0.25) is 0 Å². The van der Waals surface area contributed by atoms with Gasteiger partial charge in [-0.3, -0.25) is 0 Å². The van der Waals surface area contributed by atoms with Crippen molar-refractivity contribution < 1.29 is 0 Å². The molecule has 17 heavy (non-hydrogen) atoms. The molecule has 0 saturated carbocycles. The maximum atomic E-state index is 9.13. The third-order valence-electron chi connectivity index (χ3n) is 3.02. The molecule has 0 saturated heterocycles. The summed E-state index contributed by atoms with van der Waals surface area (Å²) in [4.78, 5) is 5.61. The average Bonchev–Trinajstić information content (AvgIpc) is 2.92. The number of rotatable bonds is 1. The summed E-state index contributed by atoms with van der Waals surface area (Å²) >= 11 is 5.13. The SMILES string of the molecule is N#Cc1nc(-c2ccc(Br)s2)n2c1CCCC2. The molecule has 3 rings (SSSR count). The van der Waals surface area contributed by atoms with Crippen molar-refractivity contribution in [2.45, 2.75) is 25.8 Å². The Morgan fingerprint density at radius 1 is 1.41 bits per heavy atom. The zero-order chi connectivity index (χ0) is 11.8. The van der Waals surface area contributed by atoms with Crippen LogP contribution in [0.15, 0.2) is 15.9 Å². The lowest BCUT2D eigenvalue weighted by Crippen LogP contribution is -2.11. The van der Waals surface area contributed by atoms with Crippen molar-refractivity contribution in [3.05, 3.63) is 27.3 Å². The summed E-state index contributed by atoms with van der Waals surface area (Å²) in [6.45, 7) is 0.981. The summed E-state index contributed by atoms with van der Waals surface area (Å²) in [6.07, 6.45) is 3.31. The van der Waals surface area contributed by atoms with E-state index in [1.165, 1.54) is 6.42 Å². The van der Waals surface area contributed by atoms with Crippen LogP contribution >= 0.6 is 27.3 Å².